The summed E-state index contributed by atoms with van der Waals surface area (Å²) in [5, 5.41) is 22.3. The molecule has 26 heavy (non-hydrogen) atoms. The van der Waals surface area contributed by atoms with E-state index in [1.165, 1.54) is 0 Å². The summed E-state index contributed by atoms with van der Waals surface area (Å²) < 4.78 is 0. The van der Waals surface area contributed by atoms with Crippen molar-refractivity contribution in [3.8, 4) is 0 Å². The van der Waals surface area contributed by atoms with Gasteiger partial charge in [0.05, 0.1) is 0 Å². The number of rotatable bonds is 8. The van der Waals surface area contributed by atoms with Gasteiger partial charge in [0.1, 0.15) is 12.1 Å². The van der Waals surface area contributed by atoms with Crippen LogP contribution < -0.4 is 5.32 Å². The average Bonchev–Trinajstić information content (AvgIpc) is 2.62. The number of carbonyl (C=O) groups is 2. The number of aliphatic carboxylic acids is 1. The topological polar surface area (TPSA) is 86.6 Å². The third-order valence-electron chi connectivity index (χ3n) is 4.21. The number of carboxylic acids is 1. The fraction of sp³-hybridized carbons (Fsp3) is 0.333. The highest BCUT2D eigenvalue weighted by molar-refractivity contribution is 5.87. The fourth-order valence-corrected chi connectivity index (χ4v) is 2.99. The number of amides is 1. The minimum atomic E-state index is -1.23. The van der Waals surface area contributed by atoms with Crippen LogP contribution in [0.15, 0.2) is 60.7 Å². The number of benzene rings is 2. The summed E-state index contributed by atoms with van der Waals surface area (Å²) in [5.41, 5.74) is 1.56. The van der Waals surface area contributed by atoms with Gasteiger partial charge in [-0.1, -0.05) is 74.5 Å². The van der Waals surface area contributed by atoms with Gasteiger partial charge in [-0.2, -0.15) is 0 Å². The van der Waals surface area contributed by atoms with Gasteiger partial charge >= 0.3 is 5.97 Å². The van der Waals surface area contributed by atoms with Crippen LogP contribution in [0.3, 0.4) is 0 Å². The Kier molecular flexibility index (Phi) is 6.92. The molecular weight excluding hydrogens is 330 g/mol. The molecule has 0 spiro atoms. The lowest BCUT2D eigenvalue weighted by atomic mass is 9.84. The normalized spacial score (nSPS) is 13.4. The van der Waals surface area contributed by atoms with Crippen LogP contribution in [0.25, 0.3) is 0 Å². The Hall–Kier alpha value is -2.66. The van der Waals surface area contributed by atoms with Gasteiger partial charge in [0.15, 0.2) is 0 Å². The Morgan fingerprint density at radius 1 is 0.923 bits per heavy atom. The van der Waals surface area contributed by atoms with Gasteiger partial charge in [0.2, 0.25) is 5.91 Å². The van der Waals surface area contributed by atoms with E-state index in [4.69, 9.17) is 0 Å². The van der Waals surface area contributed by atoms with Gasteiger partial charge in [0.25, 0.3) is 0 Å². The molecule has 0 aromatic heterocycles. The molecule has 5 heteroatoms. The van der Waals surface area contributed by atoms with Crippen LogP contribution in [0.1, 0.15) is 37.3 Å². The van der Waals surface area contributed by atoms with E-state index in [1.54, 1.807) is 0 Å². The molecule has 3 N–H and O–H groups in total. The maximum atomic E-state index is 12.3. The largest absolute Gasteiger partial charge is 0.480 e. The van der Waals surface area contributed by atoms with Crippen LogP contribution in [0.2, 0.25) is 0 Å². The molecule has 0 aliphatic rings. The number of aliphatic hydroxyl groups is 1. The summed E-state index contributed by atoms with van der Waals surface area (Å²) in [7, 11) is 0. The van der Waals surface area contributed by atoms with E-state index in [9.17, 15) is 19.8 Å². The third-order valence-corrected chi connectivity index (χ3v) is 4.21. The second-order valence-corrected chi connectivity index (χ2v) is 6.77. The number of nitrogens with one attached hydrogen (secondary N) is 1. The molecule has 0 saturated carbocycles. The summed E-state index contributed by atoms with van der Waals surface area (Å²) in [6, 6.07) is 17.2. The summed E-state index contributed by atoms with van der Waals surface area (Å²) >= 11 is 0. The molecule has 0 heterocycles. The first-order valence-electron chi connectivity index (χ1n) is 8.71. The van der Waals surface area contributed by atoms with E-state index in [0.29, 0.717) is 0 Å². The van der Waals surface area contributed by atoms with Gasteiger partial charge in [-0.05, 0) is 23.5 Å². The second-order valence-electron chi connectivity index (χ2n) is 6.77. The third kappa shape index (κ3) is 5.17. The van der Waals surface area contributed by atoms with Crippen molar-refractivity contribution < 1.29 is 19.8 Å². The van der Waals surface area contributed by atoms with Crippen LogP contribution in [0, 0.1) is 5.92 Å². The molecule has 2 aromatic rings. The molecule has 1 amide bonds. The first-order chi connectivity index (χ1) is 12.4. The lowest BCUT2D eigenvalue weighted by molar-refractivity contribution is -0.144. The lowest BCUT2D eigenvalue weighted by Crippen LogP contribution is -2.49. The molecule has 0 bridgehead atoms. The molecule has 2 rings (SSSR count). The summed E-state index contributed by atoms with van der Waals surface area (Å²) in [5.74, 6) is -2.25. The summed E-state index contributed by atoms with van der Waals surface area (Å²) in [4.78, 5) is 24.3. The Morgan fingerprint density at radius 3 is 1.77 bits per heavy atom. The highest BCUT2D eigenvalue weighted by Crippen LogP contribution is 2.28. The van der Waals surface area contributed by atoms with Crippen molar-refractivity contribution in [1.29, 1.82) is 0 Å². The molecule has 138 valence electrons. The predicted octanol–water partition coefficient (Wildman–Crippen LogP) is 2.79. The molecule has 0 aliphatic heterocycles. The first-order valence-corrected chi connectivity index (χ1v) is 8.71. The van der Waals surface area contributed by atoms with Crippen molar-refractivity contribution in [3.05, 3.63) is 71.8 Å². The zero-order chi connectivity index (χ0) is 19.1. The zero-order valence-electron chi connectivity index (χ0n) is 15.0. The molecular formula is C21H25NO4. The summed E-state index contributed by atoms with van der Waals surface area (Å²) in [6.07, 6.45) is -0.955. The average molecular weight is 355 g/mol. The van der Waals surface area contributed by atoms with Crippen LogP contribution in [-0.4, -0.2) is 34.2 Å². The molecule has 5 nitrogen and oxygen atoms in total. The fourth-order valence-electron chi connectivity index (χ4n) is 2.99. The van der Waals surface area contributed by atoms with Crippen molar-refractivity contribution in [1.82, 2.24) is 5.32 Å². The van der Waals surface area contributed by atoms with E-state index in [2.05, 4.69) is 5.32 Å². The molecule has 0 radical (unpaired) electrons. The molecule has 0 saturated heterocycles. The van der Waals surface area contributed by atoms with Crippen LogP contribution in [-0.2, 0) is 9.59 Å². The lowest BCUT2D eigenvalue weighted by Gasteiger charge is -2.27. The monoisotopic (exact) mass is 355 g/mol. The second kappa shape index (κ2) is 9.15. The van der Waals surface area contributed by atoms with E-state index >= 15 is 0 Å². The molecule has 2 atom stereocenters. The van der Waals surface area contributed by atoms with Crippen molar-refractivity contribution in [2.24, 2.45) is 5.92 Å². The first kappa shape index (κ1) is 19.7. The van der Waals surface area contributed by atoms with Crippen LogP contribution >= 0.6 is 0 Å². The SMILES string of the molecule is CC(C)C[C@@H](O)C(=O)N[C@H](C(=O)O)C(c1ccccc1)c1ccccc1. The van der Waals surface area contributed by atoms with E-state index < -0.39 is 29.9 Å². The van der Waals surface area contributed by atoms with E-state index in [-0.39, 0.29) is 12.3 Å². The Bertz CT molecular complexity index is 676. The summed E-state index contributed by atoms with van der Waals surface area (Å²) in [6.45, 7) is 3.78. The zero-order valence-corrected chi connectivity index (χ0v) is 15.0. The minimum absolute atomic E-state index is 0.123. The van der Waals surface area contributed by atoms with Crippen molar-refractivity contribution in [2.45, 2.75) is 38.3 Å². The number of carbonyl (C=O) groups excluding carboxylic acids is 1. The maximum Gasteiger partial charge on any atom is 0.327 e. The van der Waals surface area contributed by atoms with Gasteiger partial charge in [-0.25, -0.2) is 4.79 Å². The molecule has 2 aromatic carbocycles. The number of hydrogen-bond acceptors (Lipinski definition) is 3. The van der Waals surface area contributed by atoms with Crippen molar-refractivity contribution in [3.63, 3.8) is 0 Å². The standard InChI is InChI=1S/C21H25NO4/c1-14(2)13-17(23)20(24)22-19(21(25)26)18(15-9-5-3-6-10-15)16-11-7-4-8-12-16/h3-12,14,17-19,23H,13H2,1-2H3,(H,22,24)(H,25,26)/t17-,19+/m1/s1. The van der Waals surface area contributed by atoms with Gasteiger partial charge < -0.3 is 15.5 Å². The number of aliphatic hydroxyl groups excluding tert-OH is 1. The van der Waals surface area contributed by atoms with Crippen molar-refractivity contribution >= 4 is 11.9 Å². The Balaban J connectivity index is 2.36. The van der Waals surface area contributed by atoms with Gasteiger partial charge in [0, 0.05) is 5.92 Å². The number of carboxylic acid groups (broad SMARTS) is 1. The molecule has 0 fully saturated rings. The quantitative estimate of drug-likeness (QED) is 0.680. The van der Waals surface area contributed by atoms with Crippen LogP contribution in [0.4, 0.5) is 0 Å². The highest BCUT2D eigenvalue weighted by atomic mass is 16.4. The highest BCUT2D eigenvalue weighted by Gasteiger charge is 2.33. The molecule has 0 unspecified atom stereocenters. The smallest absolute Gasteiger partial charge is 0.327 e. The van der Waals surface area contributed by atoms with Gasteiger partial charge in [-0.3, -0.25) is 4.79 Å². The maximum absolute atomic E-state index is 12.3. The Labute approximate surface area is 153 Å². The predicted molar refractivity (Wildman–Crippen MR) is 99.8 cm³/mol. The van der Waals surface area contributed by atoms with E-state index in [1.807, 2.05) is 74.5 Å². The Morgan fingerprint density at radius 2 is 1.38 bits per heavy atom. The minimum Gasteiger partial charge on any atom is -0.480 e. The van der Waals surface area contributed by atoms with Crippen LogP contribution in [0.5, 0.6) is 0 Å². The van der Waals surface area contributed by atoms with E-state index in [0.717, 1.165) is 11.1 Å². The van der Waals surface area contributed by atoms with Crippen molar-refractivity contribution in [2.75, 3.05) is 0 Å². The number of hydrogen-bond donors (Lipinski definition) is 3. The molecule has 0 aliphatic carbocycles. The van der Waals surface area contributed by atoms with Gasteiger partial charge in [-0.15, -0.1) is 0 Å².